The largest absolute Gasteiger partial charge is 0.378 e. The molecule has 2 aromatic carbocycles. The predicted molar refractivity (Wildman–Crippen MR) is 167 cm³/mol. The van der Waals surface area contributed by atoms with Crippen molar-refractivity contribution in [2.45, 2.75) is 56.0 Å². The molecule has 0 unspecified atom stereocenters. The van der Waals surface area contributed by atoms with Gasteiger partial charge in [0.05, 0.1) is 42.0 Å². The number of rotatable bonds is 8. The Balaban J connectivity index is 1.30. The number of benzene rings is 2. The summed E-state index contributed by atoms with van der Waals surface area (Å²) < 4.78 is 61.7. The third-order valence-corrected chi connectivity index (χ3v) is 10.8. The van der Waals surface area contributed by atoms with Gasteiger partial charge in [-0.2, -0.15) is 9.40 Å². The van der Waals surface area contributed by atoms with E-state index in [1.807, 2.05) is 37.9 Å². The Morgan fingerprint density at radius 1 is 1.09 bits per heavy atom. The average Bonchev–Trinajstić information content (AvgIpc) is 3.63. The van der Waals surface area contributed by atoms with Crippen LogP contribution in [-0.4, -0.2) is 92.0 Å². The number of fused-ring (bicyclic) bond motifs is 1. The number of likely N-dealkylation sites (tertiary alicyclic amines) is 1. The van der Waals surface area contributed by atoms with Crippen LogP contribution in [0, 0.1) is 11.6 Å². The normalized spacial score (nSPS) is 20.5. The lowest BCUT2D eigenvalue weighted by Gasteiger charge is -2.36. The summed E-state index contributed by atoms with van der Waals surface area (Å²) in [7, 11) is -2.38. The summed E-state index contributed by atoms with van der Waals surface area (Å²) in [5.74, 6) is -2.46. The van der Waals surface area contributed by atoms with Crippen LogP contribution in [0.3, 0.4) is 0 Å². The Kier molecular flexibility index (Phi) is 8.74. The lowest BCUT2D eigenvalue weighted by Crippen LogP contribution is -2.45. The van der Waals surface area contributed by atoms with E-state index in [-0.39, 0.29) is 37.2 Å². The summed E-state index contributed by atoms with van der Waals surface area (Å²) in [6.45, 7) is 6.88. The van der Waals surface area contributed by atoms with Crippen LogP contribution in [0.25, 0.3) is 0 Å². The van der Waals surface area contributed by atoms with Crippen molar-refractivity contribution < 1.29 is 31.5 Å². The number of hydrogen-bond acceptors (Lipinski definition) is 8. The number of ether oxygens (including phenoxy) is 1. The predicted octanol–water partition coefficient (Wildman–Crippen LogP) is 3.46. The van der Waals surface area contributed by atoms with Gasteiger partial charge in [-0.1, -0.05) is 13.8 Å². The van der Waals surface area contributed by atoms with E-state index < -0.39 is 32.0 Å². The topological polar surface area (TPSA) is 128 Å². The molecule has 1 amide bonds. The van der Waals surface area contributed by atoms with Crippen molar-refractivity contribution in [1.29, 1.82) is 0 Å². The van der Waals surface area contributed by atoms with E-state index in [4.69, 9.17) is 4.74 Å². The lowest BCUT2D eigenvalue weighted by atomic mass is 9.83. The number of nitrogens with one attached hydrogen (secondary N) is 2. The maximum Gasteiger partial charge on any atom is 0.243 e. The molecule has 2 saturated heterocycles. The molecule has 1 aromatic heterocycles. The molecule has 4 heterocycles. The van der Waals surface area contributed by atoms with E-state index >= 15 is 0 Å². The van der Waals surface area contributed by atoms with Crippen LogP contribution >= 0.6 is 0 Å². The van der Waals surface area contributed by atoms with Gasteiger partial charge in [-0.25, -0.2) is 17.2 Å². The first-order valence-corrected chi connectivity index (χ1v) is 16.8. The Hall–Kier alpha value is -3.72. The van der Waals surface area contributed by atoms with Crippen LogP contribution in [0.4, 0.5) is 20.2 Å². The van der Waals surface area contributed by atoms with Crippen LogP contribution in [0.2, 0.25) is 0 Å². The molecule has 1 atom stereocenters. The molecular weight excluding hydrogens is 618 g/mol. The zero-order valence-electron chi connectivity index (χ0n) is 26.1. The fraction of sp³-hybridized carbons (Fsp3) is 0.469. The maximum atomic E-state index is 14.0. The van der Waals surface area contributed by atoms with Gasteiger partial charge in [-0.3, -0.25) is 19.6 Å². The van der Waals surface area contributed by atoms with Gasteiger partial charge >= 0.3 is 0 Å². The number of hydrogen-bond donors (Lipinski definition) is 2. The summed E-state index contributed by atoms with van der Waals surface area (Å²) in [6, 6.07) is 7.30. The number of carbonyl (C=O) groups excluding carboxylic acids is 2. The first-order chi connectivity index (χ1) is 21.8. The zero-order valence-corrected chi connectivity index (χ0v) is 26.9. The van der Waals surface area contributed by atoms with E-state index in [0.717, 1.165) is 41.5 Å². The number of nitrogens with zero attached hydrogens (tertiary/aromatic N) is 4. The molecular formula is C32H38F2N6O5S. The molecule has 3 aliphatic rings. The van der Waals surface area contributed by atoms with Crippen molar-refractivity contribution in [2.75, 3.05) is 56.7 Å². The number of Topliss-reactive ketones (excluding diaryl/α,β-unsaturated/α-hetero) is 1. The number of H-pyrrole nitrogens is 1. The number of anilines is 2. The van der Waals surface area contributed by atoms with Gasteiger partial charge in [0.15, 0.2) is 5.78 Å². The third-order valence-electron chi connectivity index (χ3n) is 9.07. The molecule has 3 aromatic rings. The van der Waals surface area contributed by atoms with Gasteiger partial charge in [0.25, 0.3) is 0 Å². The summed E-state index contributed by atoms with van der Waals surface area (Å²) in [5.41, 5.74) is 2.42. The molecule has 0 radical (unpaired) electrons. The minimum atomic E-state index is -4.28. The maximum absolute atomic E-state index is 14.0. The van der Waals surface area contributed by atoms with Crippen molar-refractivity contribution in [3.05, 3.63) is 70.5 Å². The van der Waals surface area contributed by atoms with Crippen LogP contribution in [0.15, 0.2) is 41.3 Å². The Morgan fingerprint density at radius 2 is 1.80 bits per heavy atom. The number of aromatic nitrogens is 2. The van der Waals surface area contributed by atoms with E-state index in [1.165, 1.54) is 0 Å². The van der Waals surface area contributed by atoms with Crippen molar-refractivity contribution in [2.24, 2.45) is 0 Å². The molecule has 2 fully saturated rings. The number of morpholine rings is 1. The summed E-state index contributed by atoms with van der Waals surface area (Å²) in [5, 5.41) is 10.4. The third kappa shape index (κ3) is 6.31. The summed E-state index contributed by atoms with van der Waals surface area (Å²) in [6.07, 6.45) is 1.51. The number of carbonyl (C=O) groups is 2. The highest BCUT2D eigenvalue weighted by molar-refractivity contribution is 7.89. The van der Waals surface area contributed by atoms with Gasteiger partial charge in [-0.05, 0) is 56.8 Å². The zero-order chi connectivity index (χ0) is 32.8. The fourth-order valence-electron chi connectivity index (χ4n) is 6.63. The van der Waals surface area contributed by atoms with Crippen LogP contribution in [0.1, 0.15) is 54.0 Å². The van der Waals surface area contributed by atoms with Crippen LogP contribution in [-0.2, 0) is 37.9 Å². The first-order valence-electron chi connectivity index (χ1n) is 15.4. The standard InChI is InChI=1S/C32H38F2N6O5S/c1-32(2)19-40(46(43,44)23-14-20(33)13-21(34)15-23)18-25-27(36-37-30(25)32)17-29(41)24-7-6-22(39-9-11-45-12-10-39)16-26(24)35-31(42)28-5-4-8-38(28)3/h6-7,13-16,28H,4-5,8-12,17-19H2,1-3H3,(H,35,42)(H,36,37)/t28-/m0/s1. The summed E-state index contributed by atoms with van der Waals surface area (Å²) in [4.78, 5) is 30.9. The van der Waals surface area contributed by atoms with Gasteiger partial charge < -0.3 is 15.0 Å². The van der Waals surface area contributed by atoms with Crippen molar-refractivity contribution in [3.63, 3.8) is 0 Å². The van der Waals surface area contributed by atoms with E-state index in [2.05, 4.69) is 20.4 Å². The molecule has 246 valence electrons. The molecule has 11 nitrogen and oxygen atoms in total. The molecule has 0 aliphatic carbocycles. The molecule has 0 spiro atoms. The van der Waals surface area contributed by atoms with Crippen molar-refractivity contribution >= 4 is 33.1 Å². The minimum absolute atomic E-state index is 0.0213. The van der Waals surface area contributed by atoms with Gasteiger partial charge in [0.1, 0.15) is 11.6 Å². The minimum Gasteiger partial charge on any atom is -0.378 e. The number of sulfonamides is 1. The Bertz CT molecular complexity index is 1750. The number of ketones is 1. The number of likely N-dealkylation sites (N-methyl/N-ethyl adjacent to an activating group) is 1. The molecule has 14 heteroatoms. The smallest absolute Gasteiger partial charge is 0.243 e. The average molecular weight is 657 g/mol. The first kappa shape index (κ1) is 32.2. The molecule has 0 bridgehead atoms. The van der Waals surface area contributed by atoms with E-state index in [1.54, 1.807) is 6.07 Å². The van der Waals surface area contributed by atoms with Crippen molar-refractivity contribution in [3.8, 4) is 0 Å². The highest BCUT2D eigenvalue weighted by Crippen LogP contribution is 2.37. The van der Waals surface area contributed by atoms with E-state index in [9.17, 15) is 26.8 Å². The van der Waals surface area contributed by atoms with Gasteiger partial charge in [-0.15, -0.1) is 0 Å². The molecule has 46 heavy (non-hydrogen) atoms. The van der Waals surface area contributed by atoms with Crippen molar-refractivity contribution in [1.82, 2.24) is 19.4 Å². The van der Waals surface area contributed by atoms with Gasteiger partial charge in [0.2, 0.25) is 15.9 Å². The molecule has 0 saturated carbocycles. The van der Waals surface area contributed by atoms with Crippen LogP contribution < -0.4 is 10.2 Å². The van der Waals surface area contributed by atoms with Gasteiger partial charge in [0, 0.05) is 60.2 Å². The second-order valence-corrected chi connectivity index (χ2v) is 14.8. The SMILES string of the molecule is CN1CCC[C@H]1C(=O)Nc1cc(N2CCOCC2)ccc1C(=O)Cc1[nH]nc2c1CN(S(=O)(=O)c1cc(F)cc(F)c1)CC2(C)C. The second-order valence-electron chi connectivity index (χ2n) is 12.8. The number of amides is 1. The highest BCUT2D eigenvalue weighted by atomic mass is 32.2. The fourth-order valence-corrected chi connectivity index (χ4v) is 8.25. The highest BCUT2D eigenvalue weighted by Gasteiger charge is 2.41. The molecule has 2 N–H and O–H groups in total. The van der Waals surface area contributed by atoms with Crippen LogP contribution in [0.5, 0.6) is 0 Å². The Labute approximate surface area is 266 Å². The Morgan fingerprint density at radius 3 is 2.48 bits per heavy atom. The lowest BCUT2D eigenvalue weighted by molar-refractivity contribution is -0.119. The molecule has 3 aliphatic heterocycles. The quantitative estimate of drug-likeness (QED) is 0.353. The monoisotopic (exact) mass is 656 g/mol. The number of aromatic amines is 1. The summed E-state index contributed by atoms with van der Waals surface area (Å²) >= 11 is 0. The number of halogens is 2. The molecule has 6 rings (SSSR count). The second kappa shape index (κ2) is 12.5. The van der Waals surface area contributed by atoms with E-state index in [0.29, 0.717) is 60.6 Å².